The molecule has 0 radical (unpaired) electrons. The number of carboxylic acid groups (broad SMARTS) is 1. The van der Waals surface area contributed by atoms with Gasteiger partial charge in [-0.15, -0.1) is 5.10 Å². The highest BCUT2D eigenvalue weighted by atomic mass is 16.4. The van der Waals surface area contributed by atoms with Crippen molar-refractivity contribution in [3.05, 3.63) is 35.3 Å². The normalized spacial score (nSPS) is 10.4. The fourth-order valence-electron chi connectivity index (χ4n) is 1.30. The highest BCUT2D eigenvalue weighted by Gasteiger charge is 2.12. The van der Waals surface area contributed by atoms with Crippen molar-refractivity contribution in [3.8, 4) is 5.82 Å². The molecule has 0 aliphatic rings. The fraction of sp³-hybridized carbons (Fsp3) is 0.200. The third-order valence-electron chi connectivity index (χ3n) is 2.15. The lowest BCUT2D eigenvalue weighted by molar-refractivity contribution is 0.0696. The van der Waals surface area contributed by atoms with E-state index in [4.69, 9.17) is 5.11 Å². The summed E-state index contributed by atoms with van der Waals surface area (Å²) in [4.78, 5) is 10.8. The zero-order valence-corrected chi connectivity index (χ0v) is 8.88. The molecule has 0 saturated carbocycles. The minimum atomic E-state index is -0.996. The van der Waals surface area contributed by atoms with Crippen LogP contribution in [0.25, 0.3) is 5.82 Å². The van der Waals surface area contributed by atoms with Gasteiger partial charge >= 0.3 is 5.97 Å². The average Bonchev–Trinajstić information content (AvgIpc) is 2.61. The van der Waals surface area contributed by atoms with Crippen LogP contribution in [0.4, 0.5) is 0 Å². The molecule has 2 aromatic heterocycles. The molecule has 0 unspecified atom stereocenters. The zero-order chi connectivity index (χ0) is 11.7. The molecular formula is C10H10N4O2. The maximum Gasteiger partial charge on any atom is 0.339 e. The zero-order valence-electron chi connectivity index (χ0n) is 8.88. The third kappa shape index (κ3) is 1.77. The summed E-state index contributed by atoms with van der Waals surface area (Å²) in [6.07, 6.45) is 1.43. The van der Waals surface area contributed by atoms with Gasteiger partial charge in [0.15, 0.2) is 5.82 Å². The van der Waals surface area contributed by atoms with Crippen LogP contribution >= 0.6 is 0 Å². The average molecular weight is 218 g/mol. The third-order valence-corrected chi connectivity index (χ3v) is 2.15. The smallest absolute Gasteiger partial charge is 0.339 e. The van der Waals surface area contributed by atoms with Crippen LogP contribution in [0, 0.1) is 13.8 Å². The van der Waals surface area contributed by atoms with Gasteiger partial charge in [0.05, 0.1) is 11.4 Å². The second-order valence-corrected chi connectivity index (χ2v) is 3.41. The lowest BCUT2D eigenvalue weighted by atomic mass is 10.3. The molecule has 0 aromatic carbocycles. The van der Waals surface area contributed by atoms with Crippen molar-refractivity contribution < 1.29 is 9.90 Å². The quantitative estimate of drug-likeness (QED) is 0.812. The minimum absolute atomic E-state index is 0.169. The summed E-state index contributed by atoms with van der Waals surface area (Å²) in [6, 6.07) is 3.53. The molecule has 0 atom stereocenters. The first kappa shape index (κ1) is 10.3. The molecule has 0 saturated heterocycles. The summed E-state index contributed by atoms with van der Waals surface area (Å²) in [6.45, 7) is 3.47. The molecule has 16 heavy (non-hydrogen) atoms. The summed E-state index contributed by atoms with van der Waals surface area (Å²) in [5.41, 5.74) is 1.42. The van der Waals surface area contributed by atoms with Gasteiger partial charge in [0, 0.05) is 6.20 Å². The van der Waals surface area contributed by atoms with E-state index in [0.717, 1.165) is 5.69 Å². The monoisotopic (exact) mass is 218 g/mol. The molecule has 6 nitrogen and oxygen atoms in total. The first-order valence-electron chi connectivity index (χ1n) is 4.68. The van der Waals surface area contributed by atoms with E-state index >= 15 is 0 Å². The standard InChI is InChI=1S/C10H10N4O2/c1-6-3-4-9(12-11-6)14-5-8(10(15)16)7(2)13-14/h3-5H,1-2H3,(H,15,16). The number of aryl methyl sites for hydroxylation is 2. The van der Waals surface area contributed by atoms with Crippen LogP contribution in [-0.2, 0) is 0 Å². The number of carbonyl (C=O) groups is 1. The van der Waals surface area contributed by atoms with Crippen molar-refractivity contribution in [1.82, 2.24) is 20.0 Å². The molecule has 1 N–H and O–H groups in total. The molecule has 82 valence electrons. The van der Waals surface area contributed by atoms with Gasteiger partial charge in [-0.1, -0.05) is 0 Å². The van der Waals surface area contributed by atoms with Crippen LogP contribution in [0.2, 0.25) is 0 Å². The van der Waals surface area contributed by atoms with Crippen molar-refractivity contribution >= 4 is 5.97 Å². The molecule has 2 aromatic rings. The lowest BCUT2D eigenvalue weighted by Gasteiger charge is -1.98. The number of hydrogen-bond donors (Lipinski definition) is 1. The first-order chi connectivity index (χ1) is 7.58. The largest absolute Gasteiger partial charge is 0.478 e. The number of aromatic nitrogens is 4. The van der Waals surface area contributed by atoms with E-state index < -0.39 is 5.97 Å². The first-order valence-corrected chi connectivity index (χ1v) is 4.68. The van der Waals surface area contributed by atoms with E-state index in [2.05, 4.69) is 15.3 Å². The molecule has 2 rings (SSSR count). The van der Waals surface area contributed by atoms with E-state index in [0.29, 0.717) is 11.5 Å². The molecule has 2 heterocycles. The molecule has 0 amide bonds. The van der Waals surface area contributed by atoms with Crippen LogP contribution < -0.4 is 0 Å². The van der Waals surface area contributed by atoms with Crippen molar-refractivity contribution in [2.75, 3.05) is 0 Å². The van der Waals surface area contributed by atoms with Crippen molar-refractivity contribution in [1.29, 1.82) is 0 Å². The Kier molecular flexibility index (Phi) is 2.40. The van der Waals surface area contributed by atoms with Gasteiger partial charge in [-0.2, -0.15) is 10.2 Å². The highest BCUT2D eigenvalue weighted by molar-refractivity contribution is 5.88. The Morgan fingerprint density at radius 1 is 1.31 bits per heavy atom. The van der Waals surface area contributed by atoms with Crippen LogP contribution in [0.3, 0.4) is 0 Å². The van der Waals surface area contributed by atoms with Crippen LogP contribution in [0.15, 0.2) is 18.3 Å². The number of aromatic carboxylic acids is 1. The second kappa shape index (κ2) is 3.73. The Balaban J connectivity index is 2.45. The fourth-order valence-corrected chi connectivity index (χ4v) is 1.30. The van der Waals surface area contributed by atoms with Crippen LogP contribution in [-0.4, -0.2) is 31.1 Å². The molecule has 0 spiro atoms. The van der Waals surface area contributed by atoms with E-state index in [1.807, 2.05) is 6.92 Å². The van der Waals surface area contributed by atoms with Crippen molar-refractivity contribution in [2.24, 2.45) is 0 Å². The Hall–Kier alpha value is -2.24. The van der Waals surface area contributed by atoms with E-state index in [-0.39, 0.29) is 5.56 Å². The molecule has 0 aliphatic carbocycles. The molecular weight excluding hydrogens is 208 g/mol. The number of carboxylic acids is 1. The Morgan fingerprint density at radius 3 is 2.56 bits per heavy atom. The maximum absolute atomic E-state index is 10.8. The van der Waals surface area contributed by atoms with Gasteiger partial charge in [-0.3, -0.25) is 0 Å². The van der Waals surface area contributed by atoms with Crippen molar-refractivity contribution in [2.45, 2.75) is 13.8 Å². The highest BCUT2D eigenvalue weighted by Crippen LogP contribution is 2.09. The van der Waals surface area contributed by atoms with Gasteiger partial charge in [0.2, 0.25) is 0 Å². The van der Waals surface area contributed by atoms with E-state index in [1.165, 1.54) is 10.9 Å². The summed E-state index contributed by atoms with van der Waals surface area (Å²) < 4.78 is 1.41. The summed E-state index contributed by atoms with van der Waals surface area (Å²) >= 11 is 0. The number of hydrogen-bond acceptors (Lipinski definition) is 4. The molecule has 0 fully saturated rings. The Bertz CT molecular complexity index is 530. The van der Waals surface area contributed by atoms with Gasteiger partial charge in [0.1, 0.15) is 5.56 Å². The van der Waals surface area contributed by atoms with E-state index in [1.54, 1.807) is 19.1 Å². The van der Waals surface area contributed by atoms with E-state index in [9.17, 15) is 4.79 Å². The Labute approximate surface area is 91.6 Å². The molecule has 0 aliphatic heterocycles. The predicted molar refractivity (Wildman–Crippen MR) is 55.6 cm³/mol. The predicted octanol–water partition coefficient (Wildman–Crippen LogP) is 0.977. The summed E-state index contributed by atoms with van der Waals surface area (Å²) in [5, 5.41) is 20.7. The summed E-state index contributed by atoms with van der Waals surface area (Å²) in [7, 11) is 0. The van der Waals surface area contributed by atoms with Crippen LogP contribution in [0.1, 0.15) is 21.7 Å². The SMILES string of the molecule is Cc1ccc(-n2cc(C(=O)O)c(C)n2)nn1. The number of rotatable bonds is 2. The molecule has 0 bridgehead atoms. The van der Waals surface area contributed by atoms with Crippen molar-refractivity contribution in [3.63, 3.8) is 0 Å². The lowest BCUT2D eigenvalue weighted by Crippen LogP contribution is -2.00. The number of nitrogens with zero attached hydrogens (tertiary/aromatic N) is 4. The maximum atomic E-state index is 10.8. The van der Waals surface area contributed by atoms with Gasteiger partial charge in [0.25, 0.3) is 0 Å². The molecule has 6 heteroatoms. The van der Waals surface area contributed by atoms with Gasteiger partial charge in [-0.05, 0) is 26.0 Å². The minimum Gasteiger partial charge on any atom is -0.478 e. The summed E-state index contributed by atoms with van der Waals surface area (Å²) in [5.74, 6) is -0.495. The van der Waals surface area contributed by atoms with Gasteiger partial charge in [-0.25, -0.2) is 9.48 Å². The topological polar surface area (TPSA) is 80.9 Å². The van der Waals surface area contributed by atoms with Crippen LogP contribution in [0.5, 0.6) is 0 Å². The Morgan fingerprint density at radius 2 is 2.06 bits per heavy atom. The van der Waals surface area contributed by atoms with Gasteiger partial charge < -0.3 is 5.11 Å². The second-order valence-electron chi connectivity index (χ2n) is 3.41.